The van der Waals surface area contributed by atoms with Crippen LogP contribution in [0.4, 0.5) is 5.82 Å². The lowest BCUT2D eigenvalue weighted by Crippen LogP contribution is -2.12. The molecule has 7 heteroatoms. The van der Waals surface area contributed by atoms with Crippen molar-refractivity contribution in [2.75, 3.05) is 5.32 Å². The first kappa shape index (κ1) is 10.5. The number of anilines is 1. The van der Waals surface area contributed by atoms with Gasteiger partial charge in [-0.25, -0.2) is 0 Å². The molecule has 0 saturated heterocycles. The van der Waals surface area contributed by atoms with Gasteiger partial charge in [0.15, 0.2) is 0 Å². The van der Waals surface area contributed by atoms with Gasteiger partial charge >= 0.3 is 0 Å². The number of aryl methyl sites for hydroxylation is 1. The van der Waals surface area contributed by atoms with Crippen LogP contribution < -0.4 is 5.32 Å². The molecule has 0 unspecified atom stereocenters. The maximum absolute atomic E-state index is 12.0. The molecule has 0 bridgehead atoms. The van der Waals surface area contributed by atoms with E-state index in [2.05, 4.69) is 30.9 Å². The van der Waals surface area contributed by atoms with E-state index in [1.807, 2.05) is 6.92 Å². The standard InChI is InChI=1S/C11H10N6O/c1-6-5-12-16-10(6)13-11(18)7-2-3-8-9(4-7)15-17-14-8/h2-5H,1H3,(H,14,15,17)(H2,12,13,16,18). The summed E-state index contributed by atoms with van der Waals surface area (Å²) in [6.45, 7) is 1.86. The van der Waals surface area contributed by atoms with Crippen molar-refractivity contribution in [3.05, 3.63) is 35.5 Å². The topological polar surface area (TPSA) is 99.4 Å². The second-order valence-electron chi connectivity index (χ2n) is 3.91. The van der Waals surface area contributed by atoms with Gasteiger partial charge in [-0.05, 0) is 25.1 Å². The number of aromatic amines is 2. The van der Waals surface area contributed by atoms with Crippen LogP contribution in [0.3, 0.4) is 0 Å². The number of hydrogen-bond acceptors (Lipinski definition) is 4. The second-order valence-corrected chi connectivity index (χ2v) is 3.91. The monoisotopic (exact) mass is 242 g/mol. The fraction of sp³-hybridized carbons (Fsp3) is 0.0909. The Bertz CT molecular complexity index is 713. The zero-order valence-electron chi connectivity index (χ0n) is 9.56. The zero-order valence-corrected chi connectivity index (χ0v) is 9.56. The molecular formula is C11H10N6O. The van der Waals surface area contributed by atoms with E-state index in [0.717, 1.165) is 11.1 Å². The van der Waals surface area contributed by atoms with Gasteiger partial charge in [-0.1, -0.05) is 0 Å². The Morgan fingerprint density at radius 2 is 2.11 bits per heavy atom. The lowest BCUT2D eigenvalue weighted by Gasteiger charge is -2.03. The summed E-state index contributed by atoms with van der Waals surface area (Å²) in [7, 11) is 0. The quantitative estimate of drug-likeness (QED) is 0.629. The first-order chi connectivity index (χ1) is 8.74. The molecule has 3 aromatic rings. The molecule has 0 aliphatic rings. The number of aromatic nitrogens is 5. The molecule has 0 saturated carbocycles. The molecule has 1 aromatic carbocycles. The lowest BCUT2D eigenvalue weighted by molar-refractivity contribution is 0.102. The molecule has 0 atom stereocenters. The van der Waals surface area contributed by atoms with E-state index >= 15 is 0 Å². The highest BCUT2D eigenvalue weighted by Gasteiger charge is 2.10. The first-order valence-corrected chi connectivity index (χ1v) is 5.36. The number of carbonyl (C=O) groups excluding carboxylic acids is 1. The Morgan fingerprint density at radius 1 is 1.28 bits per heavy atom. The van der Waals surface area contributed by atoms with Gasteiger partial charge in [0.05, 0.1) is 6.20 Å². The predicted molar refractivity (Wildman–Crippen MR) is 65.2 cm³/mol. The third-order valence-corrected chi connectivity index (χ3v) is 2.65. The average Bonchev–Trinajstić information content (AvgIpc) is 2.98. The molecule has 3 N–H and O–H groups in total. The Morgan fingerprint density at radius 3 is 2.89 bits per heavy atom. The number of fused-ring (bicyclic) bond motifs is 1. The second kappa shape index (κ2) is 3.95. The molecule has 2 heterocycles. The van der Waals surface area contributed by atoms with Crippen LogP contribution in [0.2, 0.25) is 0 Å². The van der Waals surface area contributed by atoms with Crippen LogP contribution >= 0.6 is 0 Å². The summed E-state index contributed by atoms with van der Waals surface area (Å²) >= 11 is 0. The number of carbonyl (C=O) groups is 1. The molecule has 90 valence electrons. The highest BCUT2D eigenvalue weighted by molar-refractivity contribution is 6.05. The number of benzene rings is 1. The molecule has 0 spiro atoms. The van der Waals surface area contributed by atoms with Crippen molar-refractivity contribution in [1.29, 1.82) is 0 Å². The number of nitrogens with zero attached hydrogens (tertiary/aromatic N) is 3. The minimum absolute atomic E-state index is 0.216. The van der Waals surface area contributed by atoms with E-state index < -0.39 is 0 Å². The van der Waals surface area contributed by atoms with Gasteiger partial charge in [0.1, 0.15) is 16.9 Å². The normalized spacial score (nSPS) is 10.7. The molecule has 2 aromatic heterocycles. The summed E-state index contributed by atoms with van der Waals surface area (Å²) in [5.41, 5.74) is 2.78. The number of hydrogen-bond donors (Lipinski definition) is 3. The average molecular weight is 242 g/mol. The molecule has 0 aliphatic heterocycles. The van der Waals surface area contributed by atoms with E-state index in [4.69, 9.17) is 0 Å². The van der Waals surface area contributed by atoms with Crippen molar-refractivity contribution in [1.82, 2.24) is 25.6 Å². The summed E-state index contributed by atoms with van der Waals surface area (Å²) in [5.74, 6) is 0.382. The molecular weight excluding hydrogens is 232 g/mol. The van der Waals surface area contributed by atoms with Crippen LogP contribution in [-0.4, -0.2) is 31.5 Å². The van der Waals surface area contributed by atoms with Crippen LogP contribution in [0.1, 0.15) is 15.9 Å². The van der Waals surface area contributed by atoms with Gasteiger partial charge in [-0.15, -0.1) is 0 Å². The van der Waals surface area contributed by atoms with E-state index in [1.165, 1.54) is 0 Å². The molecule has 3 rings (SSSR count). The summed E-state index contributed by atoms with van der Waals surface area (Å²) in [6, 6.07) is 5.12. The largest absolute Gasteiger partial charge is 0.307 e. The Kier molecular flexibility index (Phi) is 2.30. The molecule has 7 nitrogen and oxygen atoms in total. The van der Waals surface area contributed by atoms with Gasteiger partial charge in [-0.2, -0.15) is 20.5 Å². The van der Waals surface area contributed by atoms with Crippen molar-refractivity contribution in [2.24, 2.45) is 0 Å². The van der Waals surface area contributed by atoms with Crippen molar-refractivity contribution in [3.8, 4) is 0 Å². The number of H-pyrrole nitrogens is 2. The van der Waals surface area contributed by atoms with Gasteiger partial charge in [-0.3, -0.25) is 9.89 Å². The zero-order chi connectivity index (χ0) is 12.5. The fourth-order valence-corrected chi connectivity index (χ4v) is 1.64. The minimum Gasteiger partial charge on any atom is -0.307 e. The minimum atomic E-state index is -0.216. The van der Waals surface area contributed by atoms with Gasteiger partial charge in [0.25, 0.3) is 5.91 Å². The number of rotatable bonds is 2. The predicted octanol–water partition coefficient (Wildman–Crippen LogP) is 1.24. The van der Waals surface area contributed by atoms with Crippen LogP contribution in [0.15, 0.2) is 24.4 Å². The van der Waals surface area contributed by atoms with Crippen LogP contribution in [0.25, 0.3) is 11.0 Å². The van der Waals surface area contributed by atoms with E-state index in [0.29, 0.717) is 16.9 Å². The van der Waals surface area contributed by atoms with Gasteiger partial charge < -0.3 is 5.32 Å². The van der Waals surface area contributed by atoms with Crippen LogP contribution in [0.5, 0.6) is 0 Å². The molecule has 18 heavy (non-hydrogen) atoms. The van der Waals surface area contributed by atoms with E-state index in [-0.39, 0.29) is 5.91 Å². The fourth-order valence-electron chi connectivity index (χ4n) is 1.64. The summed E-state index contributed by atoms with van der Waals surface area (Å²) in [5, 5.41) is 19.7. The molecule has 0 fully saturated rings. The smallest absolute Gasteiger partial charge is 0.256 e. The Labute approximate surface area is 102 Å². The van der Waals surface area contributed by atoms with Crippen LogP contribution in [-0.2, 0) is 0 Å². The van der Waals surface area contributed by atoms with Crippen molar-refractivity contribution in [2.45, 2.75) is 6.92 Å². The SMILES string of the molecule is Cc1cn[nH]c1NC(=O)c1ccc2n[nH]nc2c1. The van der Waals surface area contributed by atoms with Gasteiger partial charge in [0.2, 0.25) is 0 Å². The Hall–Kier alpha value is -2.70. The Balaban J connectivity index is 1.89. The first-order valence-electron chi connectivity index (χ1n) is 5.36. The molecule has 0 aliphatic carbocycles. The highest BCUT2D eigenvalue weighted by atomic mass is 16.1. The molecule has 0 radical (unpaired) electrons. The van der Waals surface area contributed by atoms with E-state index in [9.17, 15) is 4.79 Å². The maximum atomic E-state index is 12.0. The van der Waals surface area contributed by atoms with E-state index in [1.54, 1.807) is 24.4 Å². The lowest BCUT2D eigenvalue weighted by atomic mass is 10.2. The summed E-state index contributed by atoms with van der Waals surface area (Å²) in [4.78, 5) is 12.0. The molecule has 1 amide bonds. The third-order valence-electron chi connectivity index (χ3n) is 2.65. The third kappa shape index (κ3) is 1.71. The van der Waals surface area contributed by atoms with Crippen molar-refractivity contribution in [3.63, 3.8) is 0 Å². The number of nitrogens with one attached hydrogen (secondary N) is 3. The number of amides is 1. The van der Waals surface area contributed by atoms with Crippen molar-refractivity contribution >= 4 is 22.8 Å². The summed E-state index contributed by atoms with van der Waals surface area (Å²) < 4.78 is 0. The van der Waals surface area contributed by atoms with Crippen molar-refractivity contribution < 1.29 is 4.79 Å². The van der Waals surface area contributed by atoms with Crippen LogP contribution in [0, 0.1) is 6.92 Å². The van der Waals surface area contributed by atoms with Gasteiger partial charge in [0, 0.05) is 11.1 Å². The highest BCUT2D eigenvalue weighted by Crippen LogP contribution is 2.14. The maximum Gasteiger partial charge on any atom is 0.256 e. The summed E-state index contributed by atoms with van der Waals surface area (Å²) in [6.07, 6.45) is 1.65.